The second-order valence-corrected chi connectivity index (χ2v) is 6.40. The van der Waals surface area contributed by atoms with Crippen molar-refractivity contribution in [1.29, 1.82) is 5.26 Å². The number of pyridine rings is 1. The zero-order chi connectivity index (χ0) is 15.4. The standard InChI is InChI=1S/C18H18N2OS/c1-13-15-8-5-9-17(15)20-18(16(13)12-19)22-11-10-21-14-6-3-2-4-7-14/h2-4,6-7H,5,8-11H2,1H3. The van der Waals surface area contributed by atoms with Crippen LogP contribution >= 0.6 is 11.8 Å². The van der Waals surface area contributed by atoms with E-state index in [0.29, 0.717) is 6.61 Å². The number of rotatable bonds is 5. The van der Waals surface area contributed by atoms with Crippen LogP contribution in [0.5, 0.6) is 5.75 Å². The van der Waals surface area contributed by atoms with Gasteiger partial charge in [0.15, 0.2) is 0 Å². The Morgan fingerprint density at radius 2 is 2.09 bits per heavy atom. The lowest BCUT2D eigenvalue weighted by Gasteiger charge is -2.11. The number of thioether (sulfide) groups is 1. The predicted molar refractivity (Wildman–Crippen MR) is 88.4 cm³/mol. The van der Waals surface area contributed by atoms with Crippen molar-refractivity contribution in [3.63, 3.8) is 0 Å². The summed E-state index contributed by atoms with van der Waals surface area (Å²) in [7, 11) is 0. The van der Waals surface area contributed by atoms with Crippen LogP contribution in [0.2, 0.25) is 0 Å². The number of hydrogen-bond acceptors (Lipinski definition) is 4. The molecule has 1 aromatic carbocycles. The Balaban J connectivity index is 1.65. The zero-order valence-corrected chi connectivity index (χ0v) is 13.4. The van der Waals surface area contributed by atoms with Crippen LogP contribution in [-0.2, 0) is 12.8 Å². The maximum Gasteiger partial charge on any atom is 0.119 e. The van der Waals surface area contributed by atoms with E-state index >= 15 is 0 Å². The van der Waals surface area contributed by atoms with Gasteiger partial charge in [-0.15, -0.1) is 11.8 Å². The van der Waals surface area contributed by atoms with Gasteiger partial charge in [0.1, 0.15) is 16.8 Å². The summed E-state index contributed by atoms with van der Waals surface area (Å²) >= 11 is 1.61. The van der Waals surface area contributed by atoms with Gasteiger partial charge in [-0.2, -0.15) is 5.26 Å². The summed E-state index contributed by atoms with van der Waals surface area (Å²) in [4.78, 5) is 4.71. The van der Waals surface area contributed by atoms with Gasteiger partial charge in [0.05, 0.1) is 12.2 Å². The Kier molecular flexibility index (Phi) is 4.65. The third-order valence-electron chi connectivity index (χ3n) is 3.91. The van der Waals surface area contributed by atoms with Crippen molar-refractivity contribution in [2.24, 2.45) is 0 Å². The molecule has 0 radical (unpaired) electrons. The average Bonchev–Trinajstić information content (AvgIpc) is 3.01. The third kappa shape index (κ3) is 3.10. The minimum atomic E-state index is 0.608. The molecule has 0 saturated heterocycles. The Morgan fingerprint density at radius 3 is 2.86 bits per heavy atom. The van der Waals surface area contributed by atoms with E-state index in [-0.39, 0.29) is 0 Å². The summed E-state index contributed by atoms with van der Waals surface area (Å²) < 4.78 is 5.69. The number of aromatic nitrogens is 1. The van der Waals surface area contributed by atoms with Crippen LogP contribution in [0.4, 0.5) is 0 Å². The molecule has 3 rings (SSSR count). The average molecular weight is 310 g/mol. The minimum absolute atomic E-state index is 0.608. The molecule has 0 aliphatic heterocycles. The topological polar surface area (TPSA) is 45.9 Å². The van der Waals surface area contributed by atoms with Crippen LogP contribution in [0.15, 0.2) is 35.4 Å². The summed E-state index contributed by atoms with van der Waals surface area (Å²) in [5, 5.41) is 10.3. The highest BCUT2D eigenvalue weighted by Gasteiger charge is 2.20. The van der Waals surface area contributed by atoms with E-state index in [4.69, 9.17) is 9.72 Å². The monoisotopic (exact) mass is 310 g/mol. The Labute approximate surface area is 135 Å². The summed E-state index contributed by atoms with van der Waals surface area (Å²) in [5.74, 6) is 1.66. The van der Waals surface area contributed by atoms with E-state index in [2.05, 4.69) is 13.0 Å². The van der Waals surface area contributed by atoms with Crippen LogP contribution in [0.25, 0.3) is 0 Å². The van der Waals surface area contributed by atoms with Gasteiger partial charge in [-0.1, -0.05) is 18.2 Å². The highest BCUT2D eigenvalue weighted by molar-refractivity contribution is 7.99. The van der Waals surface area contributed by atoms with Crippen molar-refractivity contribution >= 4 is 11.8 Å². The van der Waals surface area contributed by atoms with Gasteiger partial charge in [-0.3, -0.25) is 0 Å². The van der Waals surface area contributed by atoms with Gasteiger partial charge in [-0.05, 0) is 49.4 Å². The van der Waals surface area contributed by atoms with Crippen molar-refractivity contribution in [2.75, 3.05) is 12.4 Å². The molecule has 2 aromatic rings. The summed E-state index contributed by atoms with van der Waals surface area (Å²) in [6, 6.07) is 12.1. The molecule has 1 aliphatic carbocycles. The fourth-order valence-corrected chi connectivity index (χ4v) is 3.67. The van der Waals surface area contributed by atoms with Crippen LogP contribution in [0.1, 0.15) is 28.8 Å². The molecule has 0 saturated carbocycles. The zero-order valence-electron chi connectivity index (χ0n) is 12.6. The fourth-order valence-electron chi connectivity index (χ4n) is 2.80. The first-order valence-corrected chi connectivity index (χ1v) is 8.51. The largest absolute Gasteiger partial charge is 0.493 e. The number of fused-ring (bicyclic) bond motifs is 1. The van der Waals surface area contributed by atoms with Crippen molar-refractivity contribution in [3.8, 4) is 11.8 Å². The SMILES string of the molecule is Cc1c(C#N)c(SCCOc2ccccc2)nc2c1CCC2. The number of hydrogen-bond donors (Lipinski definition) is 0. The highest BCUT2D eigenvalue weighted by atomic mass is 32.2. The van der Waals surface area contributed by atoms with E-state index in [1.165, 1.54) is 11.3 Å². The molecule has 0 fully saturated rings. The normalized spacial score (nSPS) is 12.7. The number of nitrogens with zero attached hydrogens (tertiary/aromatic N) is 2. The van der Waals surface area contributed by atoms with Crippen LogP contribution in [0, 0.1) is 18.3 Å². The molecule has 0 bridgehead atoms. The lowest BCUT2D eigenvalue weighted by atomic mass is 10.0. The van der Waals surface area contributed by atoms with Gasteiger partial charge in [0.2, 0.25) is 0 Å². The second-order valence-electron chi connectivity index (χ2n) is 5.32. The van der Waals surface area contributed by atoms with Gasteiger partial charge in [0.25, 0.3) is 0 Å². The maximum absolute atomic E-state index is 9.43. The van der Waals surface area contributed by atoms with Gasteiger partial charge < -0.3 is 4.74 Å². The molecule has 0 spiro atoms. The van der Waals surface area contributed by atoms with Crippen molar-refractivity contribution in [1.82, 2.24) is 4.98 Å². The van der Waals surface area contributed by atoms with Crippen LogP contribution in [-0.4, -0.2) is 17.3 Å². The molecule has 1 aromatic heterocycles. The van der Waals surface area contributed by atoms with E-state index in [1.54, 1.807) is 11.8 Å². The number of para-hydroxylation sites is 1. The number of ether oxygens (including phenoxy) is 1. The first-order chi connectivity index (χ1) is 10.8. The van der Waals surface area contributed by atoms with Crippen molar-refractivity contribution in [2.45, 2.75) is 31.2 Å². The molecule has 22 heavy (non-hydrogen) atoms. The fraction of sp³-hybridized carbons (Fsp3) is 0.333. The molecular weight excluding hydrogens is 292 g/mol. The highest BCUT2D eigenvalue weighted by Crippen LogP contribution is 2.31. The summed E-state index contributed by atoms with van der Waals surface area (Å²) in [6.07, 6.45) is 3.25. The Morgan fingerprint density at radius 1 is 1.27 bits per heavy atom. The molecular formula is C18H18N2OS. The number of aryl methyl sites for hydroxylation is 1. The molecule has 1 heterocycles. The Hall–Kier alpha value is -1.99. The number of benzene rings is 1. The first kappa shape index (κ1) is 14.9. The van der Waals surface area contributed by atoms with E-state index in [0.717, 1.165) is 46.9 Å². The van der Waals surface area contributed by atoms with Gasteiger partial charge >= 0.3 is 0 Å². The van der Waals surface area contributed by atoms with Crippen LogP contribution in [0.3, 0.4) is 0 Å². The van der Waals surface area contributed by atoms with E-state index in [1.807, 2.05) is 30.3 Å². The molecule has 112 valence electrons. The molecule has 0 N–H and O–H groups in total. The van der Waals surface area contributed by atoms with Crippen molar-refractivity contribution < 1.29 is 4.74 Å². The summed E-state index contributed by atoms with van der Waals surface area (Å²) in [6.45, 7) is 2.66. The molecule has 3 nitrogen and oxygen atoms in total. The van der Waals surface area contributed by atoms with Crippen LogP contribution < -0.4 is 4.74 Å². The molecule has 0 unspecified atom stereocenters. The lowest BCUT2D eigenvalue weighted by Crippen LogP contribution is -2.03. The smallest absolute Gasteiger partial charge is 0.119 e. The van der Waals surface area contributed by atoms with E-state index in [9.17, 15) is 5.26 Å². The first-order valence-electron chi connectivity index (χ1n) is 7.52. The molecule has 4 heteroatoms. The van der Waals surface area contributed by atoms with Crippen molar-refractivity contribution in [3.05, 3.63) is 52.7 Å². The Bertz CT molecular complexity index is 707. The summed E-state index contributed by atoms with van der Waals surface area (Å²) in [5.41, 5.74) is 4.34. The minimum Gasteiger partial charge on any atom is -0.493 e. The van der Waals surface area contributed by atoms with Gasteiger partial charge in [0, 0.05) is 11.4 Å². The maximum atomic E-state index is 9.43. The third-order valence-corrected chi connectivity index (χ3v) is 4.85. The van der Waals surface area contributed by atoms with Gasteiger partial charge in [-0.25, -0.2) is 4.98 Å². The predicted octanol–water partition coefficient (Wildman–Crippen LogP) is 3.92. The quantitative estimate of drug-likeness (QED) is 0.620. The lowest BCUT2D eigenvalue weighted by molar-refractivity contribution is 0.344. The molecule has 1 aliphatic rings. The molecule has 0 amide bonds. The number of nitriles is 1. The molecule has 0 atom stereocenters. The second kappa shape index (κ2) is 6.85. The van der Waals surface area contributed by atoms with E-state index < -0.39 is 0 Å².